The summed E-state index contributed by atoms with van der Waals surface area (Å²) in [6, 6.07) is 10.7. The number of nitrogens with one attached hydrogen (secondary N) is 1. The molecule has 1 aliphatic heterocycles. The second-order valence-electron chi connectivity index (χ2n) is 5.91. The van der Waals surface area contributed by atoms with Crippen LogP contribution in [-0.2, 0) is 4.79 Å². The third kappa shape index (κ3) is 4.34. The van der Waals surface area contributed by atoms with Crippen molar-refractivity contribution in [2.75, 3.05) is 19.6 Å². The monoisotopic (exact) mass is 274 g/mol. The number of carbonyl (C=O) groups excluding carboxylic acids is 1. The largest absolute Gasteiger partial charge is 0.355 e. The summed E-state index contributed by atoms with van der Waals surface area (Å²) in [7, 11) is 0. The predicted molar refractivity (Wildman–Crippen MR) is 82.8 cm³/mol. The van der Waals surface area contributed by atoms with Gasteiger partial charge in [-0.3, -0.25) is 9.69 Å². The molecule has 1 amide bonds. The van der Waals surface area contributed by atoms with Gasteiger partial charge in [0.25, 0.3) is 0 Å². The molecule has 1 heterocycles. The highest BCUT2D eigenvalue weighted by atomic mass is 16.1. The fourth-order valence-electron chi connectivity index (χ4n) is 2.82. The van der Waals surface area contributed by atoms with Crippen LogP contribution in [0.5, 0.6) is 0 Å². The van der Waals surface area contributed by atoms with Gasteiger partial charge in [-0.1, -0.05) is 37.3 Å². The van der Waals surface area contributed by atoms with E-state index in [9.17, 15) is 4.79 Å². The van der Waals surface area contributed by atoms with Gasteiger partial charge in [0, 0.05) is 19.0 Å². The molecule has 0 aromatic heterocycles. The molecule has 2 rings (SSSR count). The van der Waals surface area contributed by atoms with E-state index in [1.54, 1.807) is 0 Å². The molecule has 0 radical (unpaired) electrons. The first-order valence-corrected chi connectivity index (χ1v) is 7.72. The van der Waals surface area contributed by atoms with Gasteiger partial charge in [0.05, 0.1) is 0 Å². The lowest BCUT2D eigenvalue weighted by molar-refractivity contribution is -0.121. The molecule has 3 nitrogen and oxygen atoms in total. The van der Waals surface area contributed by atoms with E-state index < -0.39 is 0 Å². The number of hydrogen-bond donors (Lipinski definition) is 1. The van der Waals surface area contributed by atoms with E-state index in [1.807, 2.05) is 18.2 Å². The molecule has 0 bridgehead atoms. The van der Waals surface area contributed by atoms with Gasteiger partial charge in [-0.25, -0.2) is 0 Å². The second kappa shape index (κ2) is 7.44. The molecular formula is C17H26N2O. The smallest absolute Gasteiger partial charge is 0.220 e. The Balaban J connectivity index is 1.72. The Bertz CT molecular complexity index is 412. The number of benzene rings is 1. The molecule has 2 atom stereocenters. The molecule has 1 aromatic carbocycles. The molecule has 1 N–H and O–H groups in total. The summed E-state index contributed by atoms with van der Waals surface area (Å²) >= 11 is 0. The van der Waals surface area contributed by atoms with Crippen molar-refractivity contribution in [3.8, 4) is 0 Å². The quantitative estimate of drug-likeness (QED) is 0.865. The normalized spacial score (nSPS) is 18.7. The van der Waals surface area contributed by atoms with Crippen molar-refractivity contribution in [1.82, 2.24) is 10.2 Å². The lowest BCUT2D eigenvalue weighted by Gasteiger charge is -2.24. The maximum Gasteiger partial charge on any atom is 0.220 e. The summed E-state index contributed by atoms with van der Waals surface area (Å²) in [4.78, 5) is 14.5. The van der Waals surface area contributed by atoms with Crippen molar-refractivity contribution in [3.05, 3.63) is 35.9 Å². The van der Waals surface area contributed by atoms with E-state index in [-0.39, 0.29) is 11.8 Å². The Morgan fingerprint density at radius 2 is 1.85 bits per heavy atom. The summed E-state index contributed by atoms with van der Waals surface area (Å²) in [5.41, 5.74) is 1.23. The lowest BCUT2D eigenvalue weighted by atomic mass is 9.97. The molecule has 1 saturated heterocycles. The molecule has 1 fully saturated rings. The highest BCUT2D eigenvalue weighted by Crippen LogP contribution is 2.18. The Morgan fingerprint density at radius 3 is 2.50 bits per heavy atom. The molecule has 0 aliphatic carbocycles. The summed E-state index contributed by atoms with van der Waals surface area (Å²) < 4.78 is 0. The van der Waals surface area contributed by atoms with Gasteiger partial charge in [0.1, 0.15) is 0 Å². The van der Waals surface area contributed by atoms with Crippen LogP contribution < -0.4 is 5.32 Å². The summed E-state index contributed by atoms with van der Waals surface area (Å²) in [6.07, 6.45) is 3.16. The second-order valence-corrected chi connectivity index (χ2v) is 5.91. The maximum absolute atomic E-state index is 12.0. The van der Waals surface area contributed by atoms with Crippen LogP contribution >= 0.6 is 0 Å². The van der Waals surface area contributed by atoms with E-state index in [0.29, 0.717) is 12.5 Å². The van der Waals surface area contributed by atoms with Crippen molar-refractivity contribution in [1.29, 1.82) is 0 Å². The SMILES string of the molecule is C[C@H](CNC(=O)C[C@H](C)c1ccccc1)N1CCCC1. The van der Waals surface area contributed by atoms with Crippen LogP contribution in [0.15, 0.2) is 30.3 Å². The van der Waals surface area contributed by atoms with E-state index in [0.717, 1.165) is 6.54 Å². The number of amides is 1. The lowest BCUT2D eigenvalue weighted by Crippen LogP contribution is -2.40. The number of likely N-dealkylation sites (tertiary alicyclic amines) is 1. The van der Waals surface area contributed by atoms with Crippen LogP contribution in [0.3, 0.4) is 0 Å². The molecule has 20 heavy (non-hydrogen) atoms. The molecular weight excluding hydrogens is 248 g/mol. The summed E-state index contributed by atoms with van der Waals surface area (Å²) in [6.45, 7) is 7.43. The number of nitrogens with zero attached hydrogens (tertiary/aromatic N) is 1. The first-order chi connectivity index (χ1) is 9.66. The van der Waals surface area contributed by atoms with Crippen LogP contribution in [0, 0.1) is 0 Å². The first-order valence-electron chi connectivity index (χ1n) is 7.72. The van der Waals surface area contributed by atoms with Gasteiger partial charge < -0.3 is 5.32 Å². The average Bonchev–Trinajstić information content (AvgIpc) is 3.00. The zero-order valence-electron chi connectivity index (χ0n) is 12.6. The van der Waals surface area contributed by atoms with Crippen molar-refractivity contribution in [2.45, 2.75) is 45.1 Å². The van der Waals surface area contributed by atoms with E-state index in [1.165, 1.54) is 31.5 Å². The van der Waals surface area contributed by atoms with Gasteiger partial charge in [0.15, 0.2) is 0 Å². The van der Waals surface area contributed by atoms with Gasteiger partial charge >= 0.3 is 0 Å². The van der Waals surface area contributed by atoms with Crippen molar-refractivity contribution < 1.29 is 4.79 Å². The molecule has 1 aliphatic rings. The van der Waals surface area contributed by atoms with Crippen molar-refractivity contribution >= 4 is 5.91 Å². The molecule has 3 heteroatoms. The molecule has 0 saturated carbocycles. The van der Waals surface area contributed by atoms with Gasteiger partial charge in [-0.2, -0.15) is 0 Å². The standard InChI is InChI=1S/C17H26N2O/c1-14(16-8-4-3-5-9-16)12-17(20)18-13-15(2)19-10-6-7-11-19/h3-5,8-9,14-15H,6-7,10-13H2,1-2H3,(H,18,20)/t14-,15+/m0/s1. The minimum Gasteiger partial charge on any atom is -0.355 e. The highest BCUT2D eigenvalue weighted by Gasteiger charge is 2.18. The third-order valence-corrected chi connectivity index (χ3v) is 4.22. The number of hydrogen-bond acceptors (Lipinski definition) is 2. The average molecular weight is 274 g/mol. The van der Waals surface area contributed by atoms with Crippen LogP contribution in [0.25, 0.3) is 0 Å². The van der Waals surface area contributed by atoms with Crippen LogP contribution in [-0.4, -0.2) is 36.5 Å². The van der Waals surface area contributed by atoms with Gasteiger partial charge in [0.2, 0.25) is 5.91 Å². The zero-order valence-corrected chi connectivity index (χ0v) is 12.6. The van der Waals surface area contributed by atoms with Gasteiger partial charge in [-0.15, -0.1) is 0 Å². The topological polar surface area (TPSA) is 32.3 Å². The number of rotatable bonds is 6. The molecule has 110 valence electrons. The van der Waals surface area contributed by atoms with E-state index in [2.05, 4.69) is 36.2 Å². The highest BCUT2D eigenvalue weighted by molar-refractivity contribution is 5.76. The van der Waals surface area contributed by atoms with Crippen molar-refractivity contribution in [2.24, 2.45) is 0 Å². The fourth-order valence-corrected chi connectivity index (χ4v) is 2.82. The maximum atomic E-state index is 12.0. The molecule has 0 spiro atoms. The minimum atomic E-state index is 0.160. The third-order valence-electron chi connectivity index (χ3n) is 4.22. The molecule has 1 aromatic rings. The van der Waals surface area contributed by atoms with Gasteiger partial charge in [-0.05, 0) is 44.3 Å². The number of carbonyl (C=O) groups is 1. The first kappa shape index (κ1) is 15.0. The zero-order chi connectivity index (χ0) is 14.4. The van der Waals surface area contributed by atoms with Crippen molar-refractivity contribution in [3.63, 3.8) is 0 Å². The minimum absolute atomic E-state index is 0.160. The Labute approximate surface area is 122 Å². The van der Waals surface area contributed by atoms with Crippen LogP contribution in [0.1, 0.15) is 44.6 Å². The fraction of sp³-hybridized carbons (Fsp3) is 0.588. The summed E-state index contributed by atoms with van der Waals surface area (Å²) in [5, 5.41) is 3.08. The predicted octanol–water partition coefficient (Wildman–Crippen LogP) is 2.78. The Hall–Kier alpha value is -1.35. The van der Waals surface area contributed by atoms with E-state index in [4.69, 9.17) is 0 Å². The Kier molecular flexibility index (Phi) is 5.60. The Morgan fingerprint density at radius 1 is 1.20 bits per heavy atom. The molecule has 0 unspecified atom stereocenters. The van der Waals surface area contributed by atoms with Crippen LogP contribution in [0.4, 0.5) is 0 Å². The van der Waals surface area contributed by atoms with E-state index >= 15 is 0 Å². The summed E-state index contributed by atoms with van der Waals surface area (Å²) in [5.74, 6) is 0.436. The van der Waals surface area contributed by atoms with Crippen LogP contribution in [0.2, 0.25) is 0 Å².